The average Bonchev–Trinajstić information content (AvgIpc) is 2.62. The number of furan rings is 1. The van der Waals surface area contributed by atoms with E-state index in [1.165, 1.54) is 0 Å². The van der Waals surface area contributed by atoms with Crippen molar-refractivity contribution in [2.24, 2.45) is 0 Å². The zero-order chi connectivity index (χ0) is 9.97. The van der Waals surface area contributed by atoms with Gasteiger partial charge in [-0.15, -0.1) is 0 Å². The van der Waals surface area contributed by atoms with E-state index in [4.69, 9.17) is 4.42 Å². The Hall–Kier alpha value is -0.900. The molecule has 0 bridgehead atoms. The second kappa shape index (κ2) is 4.09. The van der Waals surface area contributed by atoms with Gasteiger partial charge in [0.05, 0.1) is 12.8 Å². The van der Waals surface area contributed by atoms with Crippen molar-refractivity contribution in [3.8, 4) is 0 Å². The van der Waals surface area contributed by atoms with E-state index in [9.17, 15) is 8.78 Å². The molecule has 0 aliphatic heterocycles. The maximum atomic E-state index is 12.0. The molecule has 1 aliphatic rings. The van der Waals surface area contributed by atoms with Crippen LogP contribution in [-0.4, -0.2) is 13.0 Å². The molecular weight excluding hydrogens is 188 g/mol. The Morgan fingerprint density at radius 2 is 2.43 bits per heavy atom. The maximum Gasteiger partial charge on any atom is 0.250 e. The molecule has 2 nitrogen and oxygen atoms in total. The lowest BCUT2D eigenvalue weighted by atomic mass is 9.93. The van der Waals surface area contributed by atoms with Gasteiger partial charge in [-0.2, -0.15) is 0 Å². The second-order valence-corrected chi connectivity index (χ2v) is 3.54. The molecule has 1 N–H and O–H groups in total. The van der Waals surface area contributed by atoms with E-state index in [2.05, 4.69) is 5.32 Å². The largest absolute Gasteiger partial charge is 0.469 e. The number of alkyl halides is 2. The van der Waals surface area contributed by atoms with Crippen molar-refractivity contribution < 1.29 is 13.2 Å². The normalized spacial score (nSPS) is 21.2. The minimum atomic E-state index is -2.28. The summed E-state index contributed by atoms with van der Waals surface area (Å²) in [6, 6.07) is 1.92. The minimum absolute atomic E-state index is 0.0477. The Morgan fingerprint density at radius 3 is 3.21 bits per heavy atom. The Kier molecular flexibility index (Phi) is 2.82. The topological polar surface area (TPSA) is 25.2 Å². The number of fused-ring (bicyclic) bond motifs is 1. The fraction of sp³-hybridized carbons (Fsp3) is 0.600. The molecule has 14 heavy (non-hydrogen) atoms. The molecule has 78 valence electrons. The summed E-state index contributed by atoms with van der Waals surface area (Å²) in [7, 11) is 0. The Balaban J connectivity index is 2.01. The van der Waals surface area contributed by atoms with Crippen molar-refractivity contribution in [3.05, 3.63) is 23.7 Å². The van der Waals surface area contributed by atoms with Crippen molar-refractivity contribution >= 4 is 0 Å². The van der Waals surface area contributed by atoms with Gasteiger partial charge < -0.3 is 9.73 Å². The molecule has 1 aromatic rings. The maximum absolute atomic E-state index is 12.0. The first-order valence-electron chi connectivity index (χ1n) is 4.85. The van der Waals surface area contributed by atoms with Gasteiger partial charge in [0.2, 0.25) is 0 Å². The van der Waals surface area contributed by atoms with Crippen LogP contribution in [0.4, 0.5) is 8.78 Å². The fourth-order valence-corrected chi connectivity index (χ4v) is 1.93. The van der Waals surface area contributed by atoms with Gasteiger partial charge in [-0.3, -0.25) is 0 Å². The van der Waals surface area contributed by atoms with E-state index in [1.807, 2.05) is 6.07 Å². The van der Waals surface area contributed by atoms with E-state index >= 15 is 0 Å². The molecule has 1 atom stereocenters. The molecule has 1 aliphatic carbocycles. The molecule has 0 amide bonds. The van der Waals surface area contributed by atoms with Crippen LogP contribution in [0.25, 0.3) is 0 Å². The van der Waals surface area contributed by atoms with Gasteiger partial charge in [-0.1, -0.05) is 0 Å². The van der Waals surface area contributed by atoms with Crippen LogP contribution in [0.5, 0.6) is 0 Å². The molecule has 1 heterocycles. The molecular formula is C10H13F2NO. The first kappa shape index (κ1) is 9.65. The highest BCUT2D eigenvalue weighted by atomic mass is 19.3. The van der Waals surface area contributed by atoms with Gasteiger partial charge in [0.15, 0.2) is 0 Å². The first-order chi connectivity index (χ1) is 6.77. The van der Waals surface area contributed by atoms with Crippen LogP contribution < -0.4 is 5.32 Å². The highest BCUT2D eigenvalue weighted by Gasteiger charge is 2.22. The van der Waals surface area contributed by atoms with E-state index < -0.39 is 6.43 Å². The zero-order valence-electron chi connectivity index (χ0n) is 7.80. The van der Waals surface area contributed by atoms with Gasteiger partial charge in [-0.25, -0.2) is 8.78 Å². The predicted octanol–water partition coefficient (Wildman–Crippen LogP) is 2.51. The molecule has 0 spiro atoms. The summed E-state index contributed by atoms with van der Waals surface area (Å²) >= 11 is 0. The number of hydrogen-bond donors (Lipinski definition) is 1. The van der Waals surface area contributed by atoms with Crippen LogP contribution in [0.1, 0.15) is 30.2 Å². The summed E-state index contributed by atoms with van der Waals surface area (Å²) in [6.07, 6.45) is 2.19. The van der Waals surface area contributed by atoms with Gasteiger partial charge in [-0.05, 0) is 18.9 Å². The molecule has 0 saturated heterocycles. The van der Waals surface area contributed by atoms with Crippen LogP contribution >= 0.6 is 0 Å². The molecule has 4 heteroatoms. The highest BCUT2D eigenvalue weighted by molar-refractivity contribution is 5.23. The van der Waals surface area contributed by atoms with Crippen molar-refractivity contribution in [1.29, 1.82) is 0 Å². The standard InChI is InChI=1S/C10H13F2NO/c11-10(12)6-13-8-2-1-3-9-7(8)4-5-14-9/h4-5,8,10,13H,1-3,6H2. The minimum Gasteiger partial charge on any atom is -0.469 e. The van der Waals surface area contributed by atoms with Crippen LogP contribution in [0.2, 0.25) is 0 Å². The average molecular weight is 201 g/mol. The lowest BCUT2D eigenvalue weighted by molar-refractivity contribution is 0.139. The fourth-order valence-electron chi connectivity index (χ4n) is 1.93. The molecule has 0 aromatic carbocycles. The summed E-state index contributed by atoms with van der Waals surface area (Å²) in [5.41, 5.74) is 1.05. The SMILES string of the molecule is FC(F)CNC1CCCc2occc21. The molecule has 1 aromatic heterocycles. The quantitative estimate of drug-likeness (QED) is 0.812. The summed E-state index contributed by atoms with van der Waals surface area (Å²) in [4.78, 5) is 0. The molecule has 1 unspecified atom stereocenters. The Morgan fingerprint density at radius 1 is 1.57 bits per heavy atom. The Bertz CT molecular complexity index is 298. The van der Waals surface area contributed by atoms with Gasteiger partial charge in [0.25, 0.3) is 6.43 Å². The zero-order valence-corrected chi connectivity index (χ0v) is 7.80. The van der Waals surface area contributed by atoms with Gasteiger partial charge in [0, 0.05) is 18.0 Å². The number of rotatable bonds is 3. The number of halogens is 2. The smallest absolute Gasteiger partial charge is 0.250 e. The highest BCUT2D eigenvalue weighted by Crippen LogP contribution is 2.30. The molecule has 0 radical (unpaired) electrons. The van der Waals surface area contributed by atoms with Gasteiger partial charge >= 0.3 is 0 Å². The lowest BCUT2D eigenvalue weighted by Crippen LogP contribution is -2.28. The van der Waals surface area contributed by atoms with Crippen molar-refractivity contribution in [1.82, 2.24) is 5.32 Å². The van der Waals surface area contributed by atoms with Crippen LogP contribution in [0, 0.1) is 0 Å². The molecule has 2 rings (SSSR count). The Labute approximate surface area is 81.3 Å². The van der Waals surface area contributed by atoms with E-state index in [0.29, 0.717) is 0 Å². The summed E-state index contributed by atoms with van der Waals surface area (Å²) in [5.74, 6) is 0.947. The summed E-state index contributed by atoms with van der Waals surface area (Å²) in [5, 5.41) is 2.85. The van der Waals surface area contributed by atoms with Gasteiger partial charge in [0.1, 0.15) is 5.76 Å². The number of aryl methyl sites for hydroxylation is 1. The summed E-state index contributed by atoms with van der Waals surface area (Å²) < 4.78 is 29.3. The number of nitrogens with one attached hydrogen (secondary N) is 1. The van der Waals surface area contributed by atoms with Crippen LogP contribution in [-0.2, 0) is 6.42 Å². The van der Waals surface area contributed by atoms with Crippen LogP contribution in [0.15, 0.2) is 16.7 Å². The summed E-state index contributed by atoms with van der Waals surface area (Å²) in [6.45, 7) is -0.241. The second-order valence-electron chi connectivity index (χ2n) is 3.54. The third-order valence-electron chi connectivity index (χ3n) is 2.57. The van der Waals surface area contributed by atoms with E-state index in [0.717, 1.165) is 30.6 Å². The first-order valence-corrected chi connectivity index (χ1v) is 4.85. The van der Waals surface area contributed by atoms with E-state index in [1.54, 1.807) is 6.26 Å². The third-order valence-corrected chi connectivity index (χ3v) is 2.57. The van der Waals surface area contributed by atoms with Crippen molar-refractivity contribution in [2.45, 2.75) is 31.7 Å². The monoisotopic (exact) mass is 201 g/mol. The van der Waals surface area contributed by atoms with Crippen molar-refractivity contribution in [2.75, 3.05) is 6.54 Å². The molecule has 0 saturated carbocycles. The van der Waals surface area contributed by atoms with E-state index in [-0.39, 0.29) is 12.6 Å². The number of hydrogen-bond acceptors (Lipinski definition) is 2. The molecule has 0 fully saturated rings. The van der Waals surface area contributed by atoms with Crippen LogP contribution in [0.3, 0.4) is 0 Å². The lowest BCUT2D eigenvalue weighted by Gasteiger charge is -2.22. The third kappa shape index (κ3) is 1.95. The van der Waals surface area contributed by atoms with Crippen molar-refractivity contribution in [3.63, 3.8) is 0 Å². The predicted molar refractivity (Wildman–Crippen MR) is 48.4 cm³/mol.